The minimum absolute atomic E-state index is 0.689. The molecule has 8 heteroatoms. The van der Waals surface area contributed by atoms with Gasteiger partial charge in [0.1, 0.15) is 22.5 Å². The molecule has 0 amide bonds. The van der Waals surface area contributed by atoms with Crippen molar-refractivity contribution in [3.05, 3.63) is 35.2 Å². The van der Waals surface area contributed by atoms with Crippen molar-refractivity contribution in [2.75, 3.05) is 42.6 Å². The lowest BCUT2D eigenvalue weighted by Gasteiger charge is -2.36. The van der Waals surface area contributed by atoms with Crippen LogP contribution in [0.1, 0.15) is 6.92 Å². The van der Waals surface area contributed by atoms with Crippen LogP contribution in [0.3, 0.4) is 0 Å². The third-order valence-corrected chi connectivity index (χ3v) is 4.96. The zero-order valence-corrected chi connectivity index (χ0v) is 15.5. The fourth-order valence-electron chi connectivity index (χ4n) is 3.15. The third kappa shape index (κ3) is 3.13. The first-order chi connectivity index (χ1) is 12.3. The number of nitrogens with zero attached hydrogens (tertiary/aromatic N) is 5. The van der Waals surface area contributed by atoms with Gasteiger partial charge in [0.05, 0.1) is 12.0 Å². The van der Waals surface area contributed by atoms with Crippen molar-refractivity contribution in [3.63, 3.8) is 0 Å². The maximum absolute atomic E-state index is 5.51. The van der Waals surface area contributed by atoms with Crippen molar-refractivity contribution in [3.8, 4) is 5.75 Å². The van der Waals surface area contributed by atoms with Gasteiger partial charge in [-0.3, -0.25) is 5.10 Å². The van der Waals surface area contributed by atoms with E-state index >= 15 is 0 Å². The summed E-state index contributed by atoms with van der Waals surface area (Å²) in [5.41, 5.74) is 1.98. The Morgan fingerprint density at radius 2 is 1.80 bits per heavy atom. The molecule has 0 aliphatic carbocycles. The quantitative estimate of drug-likeness (QED) is 0.723. The number of ether oxygens (including phenoxy) is 1. The van der Waals surface area contributed by atoms with Crippen molar-refractivity contribution < 1.29 is 4.74 Å². The Hall–Kier alpha value is -2.35. The lowest BCUT2D eigenvalue weighted by molar-refractivity contribution is 0.340. The number of aromatic nitrogens is 4. The molecule has 1 aliphatic rings. The Balaban J connectivity index is 1.48. The number of hydrogen-bond donors (Lipinski definition) is 1. The number of anilines is 2. The number of fused-ring (bicyclic) bond motifs is 1. The maximum Gasteiger partial charge on any atom is 0.161 e. The van der Waals surface area contributed by atoms with E-state index in [4.69, 9.17) is 4.74 Å². The molecule has 3 aromatic rings. The third-order valence-electron chi connectivity index (χ3n) is 4.39. The number of rotatable bonds is 4. The molecule has 7 nitrogen and oxygen atoms in total. The van der Waals surface area contributed by atoms with Gasteiger partial charge in [-0.15, -0.1) is 0 Å². The molecule has 1 aromatic carbocycles. The van der Waals surface area contributed by atoms with Crippen molar-refractivity contribution in [1.29, 1.82) is 0 Å². The molecule has 25 heavy (non-hydrogen) atoms. The van der Waals surface area contributed by atoms with Crippen LogP contribution in [0.4, 0.5) is 11.5 Å². The number of aromatic amines is 1. The van der Waals surface area contributed by atoms with Crippen LogP contribution in [0.25, 0.3) is 11.0 Å². The van der Waals surface area contributed by atoms with Crippen molar-refractivity contribution in [2.24, 2.45) is 0 Å². The summed E-state index contributed by atoms with van der Waals surface area (Å²) in [5, 5.41) is 8.04. The van der Waals surface area contributed by atoms with Gasteiger partial charge >= 0.3 is 0 Å². The Morgan fingerprint density at radius 1 is 1.08 bits per heavy atom. The number of nitrogens with one attached hydrogen (secondary N) is 1. The summed E-state index contributed by atoms with van der Waals surface area (Å²) in [5.74, 6) is 1.84. The van der Waals surface area contributed by atoms with Gasteiger partial charge in [-0.05, 0) is 47.1 Å². The van der Waals surface area contributed by atoms with E-state index in [1.54, 1.807) is 6.33 Å². The van der Waals surface area contributed by atoms with Crippen LogP contribution in [0.5, 0.6) is 5.75 Å². The molecule has 1 N–H and O–H groups in total. The number of halogens is 1. The van der Waals surface area contributed by atoms with E-state index in [1.807, 2.05) is 19.1 Å². The minimum Gasteiger partial charge on any atom is -0.494 e. The highest BCUT2D eigenvalue weighted by molar-refractivity contribution is 9.10. The van der Waals surface area contributed by atoms with Gasteiger partial charge in [-0.25, -0.2) is 9.97 Å². The zero-order valence-electron chi connectivity index (χ0n) is 13.9. The predicted octanol–water partition coefficient (Wildman–Crippen LogP) is 2.84. The van der Waals surface area contributed by atoms with Crippen LogP contribution in [0, 0.1) is 0 Å². The Kier molecular flexibility index (Phi) is 4.44. The second-order valence-electron chi connectivity index (χ2n) is 5.84. The summed E-state index contributed by atoms with van der Waals surface area (Å²) < 4.78 is 6.27. The average Bonchev–Trinajstić information content (AvgIpc) is 3.04. The van der Waals surface area contributed by atoms with Gasteiger partial charge in [0.2, 0.25) is 0 Å². The average molecular weight is 403 g/mol. The number of benzene rings is 1. The molecule has 0 bridgehead atoms. The van der Waals surface area contributed by atoms with E-state index in [2.05, 4.69) is 58.0 Å². The highest BCUT2D eigenvalue weighted by atomic mass is 79.9. The number of piperazine rings is 1. The summed E-state index contributed by atoms with van der Waals surface area (Å²) in [4.78, 5) is 13.4. The first-order valence-electron chi connectivity index (χ1n) is 8.33. The van der Waals surface area contributed by atoms with E-state index in [0.717, 1.165) is 53.4 Å². The van der Waals surface area contributed by atoms with Crippen LogP contribution >= 0.6 is 15.9 Å². The monoisotopic (exact) mass is 402 g/mol. The highest BCUT2D eigenvalue weighted by Gasteiger charge is 2.22. The summed E-state index contributed by atoms with van der Waals surface area (Å²) in [6.45, 7) is 6.36. The molecular weight excluding hydrogens is 384 g/mol. The molecule has 0 spiro atoms. The molecular formula is C17H19BrN6O. The highest BCUT2D eigenvalue weighted by Crippen LogP contribution is 2.29. The normalized spacial score (nSPS) is 15.0. The number of H-pyrrole nitrogens is 1. The van der Waals surface area contributed by atoms with Crippen LogP contribution in [0.15, 0.2) is 35.2 Å². The van der Waals surface area contributed by atoms with Gasteiger partial charge in [0.15, 0.2) is 5.65 Å². The van der Waals surface area contributed by atoms with Gasteiger partial charge in [-0.1, -0.05) is 0 Å². The molecule has 130 valence electrons. The van der Waals surface area contributed by atoms with E-state index in [1.165, 1.54) is 5.69 Å². The zero-order chi connectivity index (χ0) is 17.2. The van der Waals surface area contributed by atoms with Crippen molar-refractivity contribution in [1.82, 2.24) is 20.2 Å². The Bertz CT molecular complexity index is 857. The van der Waals surface area contributed by atoms with Crippen LogP contribution in [-0.2, 0) is 0 Å². The number of hydrogen-bond acceptors (Lipinski definition) is 6. The van der Waals surface area contributed by atoms with Crippen molar-refractivity contribution >= 4 is 38.5 Å². The Morgan fingerprint density at radius 3 is 2.52 bits per heavy atom. The van der Waals surface area contributed by atoms with E-state index in [0.29, 0.717) is 6.61 Å². The van der Waals surface area contributed by atoms with Crippen LogP contribution in [0.2, 0.25) is 0 Å². The fraction of sp³-hybridized carbons (Fsp3) is 0.353. The summed E-state index contributed by atoms with van der Waals surface area (Å²) in [6, 6.07) is 8.30. The molecule has 0 unspecified atom stereocenters. The summed E-state index contributed by atoms with van der Waals surface area (Å²) in [7, 11) is 0. The van der Waals surface area contributed by atoms with E-state index in [9.17, 15) is 0 Å². The molecule has 0 saturated carbocycles. The summed E-state index contributed by atoms with van der Waals surface area (Å²) >= 11 is 3.48. The lowest BCUT2D eigenvalue weighted by Crippen LogP contribution is -2.46. The second-order valence-corrected chi connectivity index (χ2v) is 6.59. The van der Waals surface area contributed by atoms with Gasteiger partial charge in [0, 0.05) is 31.9 Å². The summed E-state index contributed by atoms with van der Waals surface area (Å²) in [6.07, 6.45) is 1.58. The van der Waals surface area contributed by atoms with Crippen LogP contribution in [-0.4, -0.2) is 53.0 Å². The van der Waals surface area contributed by atoms with Crippen molar-refractivity contribution in [2.45, 2.75) is 6.92 Å². The SMILES string of the molecule is CCOc1ccc(N2CCN(c3ncnc4[nH]nc(Br)c34)CC2)cc1. The molecule has 1 saturated heterocycles. The predicted molar refractivity (Wildman–Crippen MR) is 101 cm³/mol. The van der Waals surface area contributed by atoms with Gasteiger partial charge < -0.3 is 14.5 Å². The largest absolute Gasteiger partial charge is 0.494 e. The second kappa shape index (κ2) is 6.87. The molecule has 3 heterocycles. The first-order valence-corrected chi connectivity index (χ1v) is 9.13. The van der Waals surface area contributed by atoms with Crippen LogP contribution < -0.4 is 14.5 Å². The lowest BCUT2D eigenvalue weighted by atomic mass is 10.2. The molecule has 4 rings (SSSR count). The van der Waals surface area contributed by atoms with E-state index in [-0.39, 0.29) is 0 Å². The molecule has 1 aliphatic heterocycles. The minimum atomic E-state index is 0.689. The fourth-order valence-corrected chi connectivity index (χ4v) is 3.60. The molecule has 2 aromatic heterocycles. The topological polar surface area (TPSA) is 70.2 Å². The van der Waals surface area contributed by atoms with E-state index < -0.39 is 0 Å². The maximum atomic E-state index is 5.51. The molecule has 0 atom stereocenters. The standard InChI is InChI=1S/C17H19BrN6O/c1-2-25-13-5-3-12(4-6-13)23-7-9-24(10-8-23)17-14-15(18)21-22-16(14)19-11-20-17/h3-6,11H,2,7-10H2,1H3,(H,19,20,21,22). The first kappa shape index (κ1) is 16.1. The smallest absolute Gasteiger partial charge is 0.161 e. The molecule has 0 radical (unpaired) electrons. The Labute approximate surface area is 154 Å². The van der Waals surface area contributed by atoms with Gasteiger partial charge in [-0.2, -0.15) is 5.10 Å². The molecule has 1 fully saturated rings. The van der Waals surface area contributed by atoms with Gasteiger partial charge in [0.25, 0.3) is 0 Å².